The molecule has 1 aliphatic heterocycles. The van der Waals surface area contributed by atoms with Gasteiger partial charge in [0.25, 0.3) is 0 Å². The quantitative estimate of drug-likeness (QED) is 0.944. The molecule has 4 nitrogen and oxygen atoms in total. The van der Waals surface area contributed by atoms with Gasteiger partial charge in [0.2, 0.25) is 11.8 Å². The third kappa shape index (κ3) is 3.12. The van der Waals surface area contributed by atoms with E-state index in [1.165, 1.54) is 0 Å². The Kier molecular flexibility index (Phi) is 4.11. The van der Waals surface area contributed by atoms with Crippen LogP contribution in [0.25, 0.3) is 0 Å². The van der Waals surface area contributed by atoms with E-state index in [0.717, 1.165) is 11.4 Å². The van der Waals surface area contributed by atoms with Crippen molar-refractivity contribution in [1.29, 1.82) is 0 Å². The van der Waals surface area contributed by atoms with Gasteiger partial charge < -0.3 is 10.2 Å². The third-order valence-electron chi connectivity index (χ3n) is 3.68. The monoisotopic (exact) mass is 314 g/mol. The number of nitrogens with zero attached hydrogens (tertiary/aromatic N) is 1. The first-order valence-electron chi connectivity index (χ1n) is 7.05. The maximum Gasteiger partial charge on any atom is 0.229 e. The highest BCUT2D eigenvalue weighted by molar-refractivity contribution is 6.30. The van der Waals surface area contributed by atoms with E-state index in [1.807, 2.05) is 30.3 Å². The molecule has 1 heterocycles. The van der Waals surface area contributed by atoms with E-state index in [9.17, 15) is 9.59 Å². The molecular formula is C17H15ClN2O2. The summed E-state index contributed by atoms with van der Waals surface area (Å²) < 4.78 is 0. The molecule has 0 radical (unpaired) electrons. The number of anilines is 2. The molecule has 0 spiro atoms. The van der Waals surface area contributed by atoms with Crippen LogP contribution in [-0.4, -0.2) is 18.4 Å². The summed E-state index contributed by atoms with van der Waals surface area (Å²) in [6.07, 6.45) is 0.224. The third-order valence-corrected chi connectivity index (χ3v) is 3.93. The molecule has 1 saturated heterocycles. The van der Waals surface area contributed by atoms with E-state index in [4.69, 9.17) is 11.6 Å². The van der Waals surface area contributed by atoms with Gasteiger partial charge in [-0.3, -0.25) is 9.59 Å². The first-order valence-corrected chi connectivity index (χ1v) is 7.43. The summed E-state index contributed by atoms with van der Waals surface area (Å²) in [5.41, 5.74) is 1.51. The van der Waals surface area contributed by atoms with Crippen LogP contribution in [0.1, 0.15) is 6.42 Å². The Hall–Kier alpha value is -2.33. The molecule has 1 fully saturated rings. The number of hydrogen-bond donors (Lipinski definition) is 1. The smallest absolute Gasteiger partial charge is 0.229 e. The molecule has 2 amide bonds. The SMILES string of the molecule is O=C(Nc1ccccc1)[C@@H]1CC(=O)N(c2ccc(Cl)cc2)C1. The van der Waals surface area contributed by atoms with Crippen molar-refractivity contribution in [2.45, 2.75) is 6.42 Å². The van der Waals surface area contributed by atoms with E-state index >= 15 is 0 Å². The highest BCUT2D eigenvalue weighted by Gasteiger charge is 2.35. The molecule has 2 aromatic rings. The molecule has 22 heavy (non-hydrogen) atoms. The number of rotatable bonds is 3. The predicted molar refractivity (Wildman–Crippen MR) is 87.0 cm³/mol. The minimum absolute atomic E-state index is 0.0458. The zero-order chi connectivity index (χ0) is 15.5. The molecule has 0 bridgehead atoms. The highest BCUT2D eigenvalue weighted by Crippen LogP contribution is 2.27. The number of para-hydroxylation sites is 1. The topological polar surface area (TPSA) is 49.4 Å². The zero-order valence-corrected chi connectivity index (χ0v) is 12.6. The first-order chi connectivity index (χ1) is 10.6. The van der Waals surface area contributed by atoms with Gasteiger partial charge in [-0.15, -0.1) is 0 Å². The Morgan fingerprint density at radius 2 is 1.77 bits per heavy atom. The molecule has 0 aliphatic carbocycles. The van der Waals surface area contributed by atoms with Crippen LogP contribution >= 0.6 is 11.6 Å². The summed E-state index contributed by atoms with van der Waals surface area (Å²) in [6.45, 7) is 0.388. The van der Waals surface area contributed by atoms with Crippen LogP contribution in [0.5, 0.6) is 0 Å². The number of carbonyl (C=O) groups is 2. The molecule has 1 aliphatic rings. The van der Waals surface area contributed by atoms with Crippen molar-refractivity contribution in [3.63, 3.8) is 0 Å². The fourth-order valence-corrected chi connectivity index (χ4v) is 2.65. The van der Waals surface area contributed by atoms with E-state index in [-0.39, 0.29) is 24.2 Å². The molecule has 0 unspecified atom stereocenters. The van der Waals surface area contributed by atoms with Crippen LogP contribution in [0.4, 0.5) is 11.4 Å². The molecule has 3 rings (SSSR count). The minimum Gasteiger partial charge on any atom is -0.326 e. The van der Waals surface area contributed by atoms with Crippen molar-refractivity contribution in [1.82, 2.24) is 0 Å². The van der Waals surface area contributed by atoms with Crippen LogP contribution in [0.3, 0.4) is 0 Å². The summed E-state index contributed by atoms with van der Waals surface area (Å²) in [7, 11) is 0. The second-order valence-electron chi connectivity index (χ2n) is 5.24. The number of nitrogens with one attached hydrogen (secondary N) is 1. The van der Waals surface area contributed by atoms with E-state index in [1.54, 1.807) is 29.2 Å². The van der Waals surface area contributed by atoms with Crippen LogP contribution in [0.15, 0.2) is 54.6 Å². The van der Waals surface area contributed by atoms with Crippen molar-refractivity contribution >= 4 is 34.8 Å². The molecular weight excluding hydrogens is 300 g/mol. The van der Waals surface area contributed by atoms with Crippen LogP contribution in [0, 0.1) is 5.92 Å². The summed E-state index contributed by atoms with van der Waals surface area (Å²) in [6, 6.07) is 16.3. The number of carbonyl (C=O) groups excluding carboxylic acids is 2. The minimum atomic E-state index is -0.344. The van der Waals surface area contributed by atoms with Gasteiger partial charge in [0.1, 0.15) is 0 Å². The van der Waals surface area contributed by atoms with Gasteiger partial charge in [-0.1, -0.05) is 29.8 Å². The van der Waals surface area contributed by atoms with Gasteiger partial charge in [0.05, 0.1) is 5.92 Å². The van der Waals surface area contributed by atoms with Gasteiger partial charge in [0, 0.05) is 29.4 Å². The predicted octanol–water partition coefficient (Wildman–Crippen LogP) is 3.33. The lowest BCUT2D eigenvalue weighted by molar-refractivity contribution is -0.122. The van der Waals surface area contributed by atoms with Gasteiger partial charge >= 0.3 is 0 Å². The summed E-state index contributed by atoms with van der Waals surface area (Å²) in [5, 5.41) is 3.47. The van der Waals surface area contributed by atoms with E-state index < -0.39 is 0 Å². The number of amides is 2. The first kappa shape index (κ1) is 14.6. The van der Waals surface area contributed by atoms with E-state index in [0.29, 0.717) is 11.6 Å². The summed E-state index contributed by atoms with van der Waals surface area (Å²) in [5.74, 6) is -0.519. The second-order valence-corrected chi connectivity index (χ2v) is 5.67. The van der Waals surface area contributed by atoms with Gasteiger partial charge in [-0.2, -0.15) is 0 Å². The second kappa shape index (κ2) is 6.20. The molecule has 1 N–H and O–H groups in total. The Morgan fingerprint density at radius 3 is 2.45 bits per heavy atom. The van der Waals surface area contributed by atoms with Crippen molar-refractivity contribution in [2.24, 2.45) is 5.92 Å². The molecule has 5 heteroatoms. The maximum atomic E-state index is 12.3. The number of benzene rings is 2. The normalized spacial score (nSPS) is 17.6. The highest BCUT2D eigenvalue weighted by atomic mass is 35.5. The Labute approximate surface area is 133 Å². The van der Waals surface area contributed by atoms with Gasteiger partial charge in [-0.25, -0.2) is 0 Å². The molecule has 1 atom stereocenters. The standard InChI is InChI=1S/C17H15ClN2O2/c18-13-6-8-15(9-7-13)20-11-12(10-16(20)21)17(22)19-14-4-2-1-3-5-14/h1-9,12H,10-11H2,(H,19,22)/t12-/m1/s1. The van der Waals surface area contributed by atoms with Crippen LogP contribution in [-0.2, 0) is 9.59 Å². The largest absolute Gasteiger partial charge is 0.326 e. The van der Waals surface area contributed by atoms with Crippen molar-refractivity contribution in [3.05, 3.63) is 59.6 Å². The van der Waals surface area contributed by atoms with Crippen LogP contribution < -0.4 is 10.2 Å². The van der Waals surface area contributed by atoms with E-state index in [2.05, 4.69) is 5.32 Å². The average molecular weight is 315 g/mol. The van der Waals surface area contributed by atoms with Gasteiger partial charge in [-0.05, 0) is 36.4 Å². The number of hydrogen-bond acceptors (Lipinski definition) is 2. The summed E-state index contributed by atoms with van der Waals surface area (Å²) >= 11 is 5.86. The molecule has 0 aromatic heterocycles. The lowest BCUT2D eigenvalue weighted by Gasteiger charge is -2.16. The summed E-state index contributed by atoms with van der Waals surface area (Å²) in [4.78, 5) is 26.1. The maximum absolute atomic E-state index is 12.3. The van der Waals surface area contributed by atoms with Crippen LogP contribution in [0.2, 0.25) is 5.02 Å². The lowest BCUT2D eigenvalue weighted by Crippen LogP contribution is -2.28. The van der Waals surface area contributed by atoms with Gasteiger partial charge in [0.15, 0.2) is 0 Å². The number of halogens is 1. The molecule has 0 saturated carbocycles. The Bertz CT molecular complexity index is 686. The van der Waals surface area contributed by atoms with Crippen molar-refractivity contribution in [2.75, 3.05) is 16.8 Å². The molecule has 112 valence electrons. The lowest BCUT2D eigenvalue weighted by atomic mass is 10.1. The van der Waals surface area contributed by atoms with Crippen molar-refractivity contribution < 1.29 is 9.59 Å². The van der Waals surface area contributed by atoms with Crippen molar-refractivity contribution in [3.8, 4) is 0 Å². The Balaban J connectivity index is 1.69. The Morgan fingerprint density at radius 1 is 1.09 bits per heavy atom. The average Bonchev–Trinajstić information content (AvgIpc) is 2.91. The molecule has 2 aromatic carbocycles. The fourth-order valence-electron chi connectivity index (χ4n) is 2.52. The fraction of sp³-hybridized carbons (Fsp3) is 0.176. The zero-order valence-electron chi connectivity index (χ0n) is 11.8.